The van der Waals surface area contributed by atoms with E-state index in [2.05, 4.69) is 9.55 Å². The van der Waals surface area contributed by atoms with Gasteiger partial charge < -0.3 is 10.3 Å². The second-order valence-electron chi connectivity index (χ2n) is 4.51. The summed E-state index contributed by atoms with van der Waals surface area (Å²) in [5, 5.41) is 1.27. The fourth-order valence-electron chi connectivity index (χ4n) is 2.43. The minimum atomic E-state index is -0.0422. The number of nitrogens with two attached hydrogens (primary N) is 1. The summed E-state index contributed by atoms with van der Waals surface area (Å²) in [6, 6.07) is 7.58. The topological polar surface area (TPSA) is 43.8 Å². The number of imidazole rings is 1. The molecule has 1 aliphatic heterocycles. The molecule has 1 unspecified atom stereocenters. The molecule has 5 heteroatoms. The molecule has 0 spiro atoms. The number of aromatic nitrogens is 2. The summed E-state index contributed by atoms with van der Waals surface area (Å²) in [5.74, 6) is 0.832. The van der Waals surface area contributed by atoms with E-state index in [9.17, 15) is 0 Å². The lowest BCUT2D eigenvalue weighted by molar-refractivity contribution is 0.418. The van der Waals surface area contributed by atoms with Gasteiger partial charge >= 0.3 is 0 Å². The van der Waals surface area contributed by atoms with E-state index in [1.165, 1.54) is 0 Å². The Morgan fingerprint density at radius 1 is 1.22 bits per heavy atom. The Balaban J connectivity index is 2.15. The van der Waals surface area contributed by atoms with E-state index in [1.54, 1.807) is 0 Å². The van der Waals surface area contributed by atoms with Crippen LogP contribution in [0.4, 0.5) is 0 Å². The molecule has 18 heavy (non-hydrogen) atoms. The maximum atomic E-state index is 6.20. The van der Waals surface area contributed by atoms with Crippen LogP contribution in [0.15, 0.2) is 24.3 Å². The SMILES string of the molecule is NC1CCCc2c(Cl)nc(-c3ccc(Cl)cc3)n21. The van der Waals surface area contributed by atoms with Crippen LogP contribution in [0.3, 0.4) is 0 Å². The van der Waals surface area contributed by atoms with E-state index >= 15 is 0 Å². The van der Waals surface area contributed by atoms with Gasteiger partial charge in [0.25, 0.3) is 0 Å². The molecule has 1 aromatic heterocycles. The predicted octanol–water partition coefficient (Wildman–Crippen LogP) is 3.65. The largest absolute Gasteiger partial charge is 0.311 e. The summed E-state index contributed by atoms with van der Waals surface area (Å²) >= 11 is 12.1. The van der Waals surface area contributed by atoms with Crippen molar-refractivity contribution >= 4 is 23.2 Å². The van der Waals surface area contributed by atoms with Crippen molar-refractivity contribution < 1.29 is 0 Å². The third-order valence-corrected chi connectivity index (χ3v) is 3.86. The molecule has 1 aromatic carbocycles. The van der Waals surface area contributed by atoms with Gasteiger partial charge in [0.1, 0.15) is 5.82 Å². The molecular formula is C13H13Cl2N3. The van der Waals surface area contributed by atoms with Crippen molar-refractivity contribution in [2.24, 2.45) is 5.73 Å². The monoisotopic (exact) mass is 281 g/mol. The number of halogens is 2. The van der Waals surface area contributed by atoms with Gasteiger partial charge in [0.05, 0.1) is 11.9 Å². The summed E-state index contributed by atoms with van der Waals surface area (Å²) in [4.78, 5) is 4.45. The molecular weight excluding hydrogens is 269 g/mol. The van der Waals surface area contributed by atoms with Gasteiger partial charge in [-0.3, -0.25) is 0 Å². The van der Waals surface area contributed by atoms with Crippen molar-refractivity contribution in [2.75, 3.05) is 0 Å². The minimum absolute atomic E-state index is 0.0422. The molecule has 0 bridgehead atoms. The van der Waals surface area contributed by atoms with Crippen LogP contribution in [0.5, 0.6) is 0 Å². The summed E-state index contributed by atoms with van der Waals surface area (Å²) in [5.41, 5.74) is 8.20. The van der Waals surface area contributed by atoms with Gasteiger partial charge in [0.15, 0.2) is 5.15 Å². The van der Waals surface area contributed by atoms with Crippen LogP contribution in [-0.4, -0.2) is 9.55 Å². The van der Waals surface area contributed by atoms with Crippen molar-refractivity contribution in [3.05, 3.63) is 40.1 Å². The second kappa shape index (κ2) is 4.57. The molecule has 0 radical (unpaired) electrons. The number of hydrogen-bond acceptors (Lipinski definition) is 2. The van der Waals surface area contributed by atoms with Gasteiger partial charge in [0.2, 0.25) is 0 Å². The maximum Gasteiger partial charge on any atom is 0.151 e. The third kappa shape index (κ3) is 1.92. The van der Waals surface area contributed by atoms with Crippen molar-refractivity contribution in [3.63, 3.8) is 0 Å². The summed E-state index contributed by atoms with van der Waals surface area (Å²) < 4.78 is 2.05. The summed E-state index contributed by atoms with van der Waals surface area (Å²) in [6.07, 6.45) is 2.92. The van der Waals surface area contributed by atoms with Crippen LogP contribution >= 0.6 is 23.2 Å². The van der Waals surface area contributed by atoms with Crippen LogP contribution in [0.1, 0.15) is 24.7 Å². The highest BCUT2D eigenvalue weighted by Gasteiger charge is 2.24. The van der Waals surface area contributed by atoms with E-state index in [0.29, 0.717) is 10.2 Å². The first-order valence-electron chi connectivity index (χ1n) is 5.95. The first-order chi connectivity index (χ1) is 8.66. The molecule has 0 saturated carbocycles. The molecule has 3 nitrogen and oxygen atoms in total. The van der Waals surface area contributed by atoms with E-state index in [-0.39, 0.29) is 6.17 Å². The van der Waals surface area contributed by atoms with Gasteiger partial charge in [-0.25, -0.2) is 4.98 Å². The van der Waals surface area contributed by atoms with Crippen molar-refractivity contribution in [2.45, 2.75) is 25.4 Å². The molecule has 0 fully saturated rings. The van der Waals surface area contributed by atoms with Crippen LogP contribution in [0.25, 0.3) is 11.4 Å². The van der Waals surface area contributed by atoms with Gasteiger partial charge in [-0.2, -0.15) is 0 Å². The average Bonchev–Trinajstić information content (AvgIpc) is 2.70. The molecule has 0 amide bonds. The minimum Gasteiger partial charge on any atom is -0.311 e. The van der Waals surface area contributed by atoms with Crippen molar-refractivity contribution in [3.8, 4) is 11.4 Å². The second-order valence-corrected chi connectivity index (χ2v) is 5.30. The van der Waals surface area contributed by atoms with E-state index in [1.807, 2.05) is 24.3 Å². The number of fused-ring (bicyclic) bond motifs is 1. The molecule has 2 N–H and O–H groups in total. The number of nitrogens with zero attached hydrogens (tertiary/aromatic N) is 2. The fourth-order valence-corrected chi connectivity index (χ4v) is 2.82. The lowest BCUT2D eigenvalue weighted by Crippen LogP contribution is -2.25. The average molecular weight is 282 g/mol. The zero-order valence-electron chi connectivity index (χ0n) is 9.74. The Kier molecular flexibility index (Phi) is 3.06. The highest BCUT2D eigenvalue weighted by atomic mass is 35.5. The number of rotatable bonds is 1. The van der Waals surface area contributed by atoms with E-state index in [0.717, 1.165) is 36.3 Å². The molecule has 0 aliphatic carbocycles. The molecule has 0 saturated heterocycles. The molecule has 94 valence electrons. The first-order valence-corrected chi connectivity index (χ1v) is 6.70. The quantitative estimate of drug-likeness (QED) is 0.867. The Labute approximate surface area is 116 Å². The van der Waals surface area contributed by atoms with Crippen LogP contribution in [0.2, 0.25) is 10.2 Å². The number of hydrogen-bond donors (Lipinski definition) is 1. The normalized spacial score (nSPS) is 18.7. The van der Waals surface area contributed by atoms with Crippen LogP contribution in [-0.2, 0) is 6.42 Å². The third-order valence-electron chi connectivity index (χ3n) is 3.31. The van der Waals surface area contributed by atoms with Crippen molar-refractivity contribution in [1.29, 1.82) is 0 Å². The molecule has 1 aliphatic rings. The smallest absolute Gasteiger partial charge is 0.151 e. The lowest BCUT2D eigenvalue weighted by atomic mass is 10.1. The highest BCUT2D eigenvalue weighted by Crippen LogP contribution is 2.33. The van der Waals surface area contributed by atoms with Gasteiger partial charge in [-0.05, 0) is 43.5 Å². The van der Waals surface area contributed by atoms with E-state index in [4.69, 9.17) is 28.9 Å². The number of benzene rings is 1. The fraction of sp³-hybridized carbons (Fsp3) is 0.308. The summed E-state index contributed by atoms with van der Waals surface area (Å²) in [7, 11) is 0. The maximum absolute atomic E-state index is 6.20. The highest BCUT2D eigenvalue weighted by molar-refractivity contribution is 6.30. The molecule has 2 heterocycles. The summed E-state index contributed by atoms with van der Waals surface area (Å²) in [6.45, 7) is 0. The Morgan fingerprint density at radius 2 is 1.94 bits per heavy atom. The standard InChI is InChI=1S/C13H13Cl2N3/c14-9-6-4-8(5-7-9)13-17-12(15)10-2-1-3-11(16)18(10)13/h4-7,11H,1-3,16H2. The Bertz CT molecular complexity index is 575. The van der Waals surface area contributed by atoms with E-state index < -0.39 is 0 Å². The lowest BCUT2D eigenvalue weighted by Gasteiger charge is -2.24. The van der Waals surface area contributed by atoms with Gasteiger partial charge in [-0.1, -0.05) is 23.2 Å². The van der Waals surface area contributed by atoms with Gasteiger partial charge in [-0.15, -0.1) is 0 Å². The molecule has 1 atom stereocenters. The van der Waals surface area contributed by atoms with Crippen molar-refractivity contribution in [1.82, 2.24) is 9.55 Å². The predicted molar refractivity (Wildman–Crippen MR) is 73.8 cm³/mol. The van der Waals surface area contributed by atoms with Gasteiger partial charge in [0, 0.05) is 10.6 Å². The van der Waals surface area contributed by atoms with Crippen LogP contribution < -0.4 is 5.73 Å². The zero-order valence-corrected chi connectivity index (χ0v) is 11.2. The zero-order chi connectivity index (χ0) is 12.7. The first kappa shape index (κ1) is 12.0. The molecule has 2 aromatic rings. The molecule has 3 rings (SSSR count). The Morgan fingerprint density at radius 3 is 2.67 bits per heavy atom. The van der Waals surface area contributed by atoms with Crippen LogP contribution in [0, 0.1) is 0 Å². The Hall–Kier alpha value is -1.03.